The summed E-state index contributed by atoms with van der Waals surface area (Å²) in [5.41, 5.74) is 0.964. The Morgan fingerprint density at radius 1 is 1.11 bits per heavy atom. The summed E-state index contributed by atoms with van der Waals surface area (Å²) in [7, 11) is 0. The Morgan fingerprint density at radius 2 is 2.00 bits per heavy atom. The fourth-order valence-corrected chi connectivity index (χ4v) is 2.40. The van der Waals surface area contributed by atoms with Gasteiger partial charge in [0.2, 0.25) is 11.7 Å². The Hall–Kier alpha value is -3.94. The standard InChI is InChI=1S/C19H15N5O3/c25-19(20-13-14-6-2-1-3-7-14)27-17-12-16(24-10-5-9-21-24)22-18(23-17)15-8-4-11-26-15/h1-12H,13H2,(H,20,25). The number of furan rings is 1. The molecule has 0 saturated carbocycles. The number of nitrogens with zero attached hydrogens (tertiary/aromatic N) is 4. The van der Waals surface area contributed by atoms with Gasteiger partial charge >= 0.3 is 6.09 Å². The lowest BCUT2D eigenvalue weighted by atomic mass is 10.2. The maximum Gasteiger partial charge on any atom is 0.414 e. The van der Waals surface area contributed by atoms with Crippen molar-refractivity contribution in [2.75, 3.05) is 0 Å². The van der Waals surface area contributed by atoms with Crippen LogP contribution in [0.4, 0.5) is 4.79 Å². The minimum Gasteiger partial charge on any atom is -0.461 e. The van der Waals surface area contributed by atoms with Crippen molar-refractivity contribution in [3.05, 3.63) is 78.8 Å². The number of hydrogen-bond acceptors (Lipinski definition) is 6. The van der Waals surface area contributed by atoms with Crippen LogP contribution in [0, 0.1) is 0 Å². The van der Waals surface area contributed by atoms with Crippen LogP contribution in [0.15, 0.2) is 77.7 Å². The van der Waals surface area contributed by atoms with Crippen LogP contribution in [-0.4, -0.2) is 25.8 Å². The van der Waals surface area contributed by atoms with Crippen LogP contribution >= 0.6 is 0 Å². The van der Waals surface area contributed by atoms with Crippen molar-refractivity contribution in [1.29, 1.82) is 0 Å². The Morgan fingerprint density at radius 3 is 2.74 bits per heavy atom. The van der Waals surface area contributed by atoms with Crippen LogP contribution < -0.4 is 10.1 Å². The molecular formula is C19H15N5O3. The second-order valence-corrected chi connectivity index (χ2v) is 5.54. The molecule has 1 aromatic carbocycles. The SMILES string of the molecule is O=C(NCc1ccccc1)Oc1cc(-n2cccn2)nc(-c2ccco2)n1. The van der Waals surface area contributed by atoms with Crippen LogP contribution in [0.3, 0.4) is 0 Å². The van der Waals surface area contributed by atoms with Crippen molar-refractivity contribution in [3.8, 4) is 23.3 Å². The lowest BCUT2D eigenvalue weighted by Crippen LogP contribution is -2.26. The number of amides is 1. The molecule has 1 N–H and O–H groups in total. The first kappa shape index (κ1) is 16.5. The maximum absolute atomic E-state index is 12.1. The zero-order chi connectivity index (χ0) is 18.5. The van der Waals surface area contributed by atoms with Gasteiger partial charge in [-0.1, -0.05) is 30.3 Å². The van der Waals surface area contributed by atoms with Crippen LogP contribution in [-0.2, 0) is 6.54 Å². The van der Waals surface area contributed by atoms with Gasteiger partial charge in [0.15, 0.2) is 11.6 Å². The molecule has 1 amide bonds. The molecule has 8 heteroatoms. The molecular weight excluding hydrogens is 346 g/mol. The number of carbonyl (C=O) groups is 1. The second kappa shape index (κ2) is 7.52. The van der Waals surface area contributed by atoms with Gasteiger partial charge in [-0.3, -0.25) is 0 Å². The highest BCUT2D eigenvalue weighted by atomic mass is 16.6. The number of rotatable bonds is 5. The highest BCUT2D eigenvalue weighted by molar-refractivity contribution is 5.70. The third-order valence-corrected chi connectivity index (χ3v) is 3.65. The maximum atomic E-state index is 12.1. The average Bonchev–Trinajstić information content (AvgIpc) is 3.41. The van der Waals surface area contributed by atoms with E-state index in [1.807, 2.05) is 30.3 Å². The first-order chi connectivity index (χ1) is 13.3. The van der Waals surface area contributed by atoms with E-state index in [0.717, 1.165) is 5.56 Å². The van der Waals surface area contributed by atoms with Gasteiger partial charge in [0.25, 0.3) is 0 Å². The van der Waals surface area contributed by atoms with Crippen LogP contribution in [0.25, 0.3) is 17.4 Å². The molecule has 4 aromatic rings. The molecule has 0 aliphatic carbocycles. The molecule has 0 atom stereocenters. The van der Waals surface area contributed by atoms with Crippen molar-refractivity contribution < 1.29 is 13.9 Å². The molecule has 3 heterocycles. The predicted molar refractivity (Wildman–Crippen MR) is 96.2 cm³/mol. The van der Waals surface area contributed by atoms with Gasteiger partial charge in [-0.15, -0.1) is 0 Å². The van der Waals surface area contributed by atoms with Crippen molar-refractivity contribution in [2.45, 2.75) is 6.54 Å². The molecule has 0 fully saturated rings. The summed E-state index contributed by atoms with van der Waals surface area (Å²) in [6.45, 7) is 0.349. The van der Waals surface area contributed by atoms with Gasteiger partial charge in [-0.2, -0.15) is 10.1 Å². The number of carbonyl (C=O) groups excluding carboxylic acids is 1. The monoisotopic (exact) mass is 361 g/mol. The molecule has 8 nitrogen and oxygen atoms in total. The van der Waals surface area contributed by atoms with Gasteiger partial charge in [0.05, 0.1) is 6.26 Å². The molecule has 134 valence electrons. The Balaban J connectivity index is 1.55. The van der Waals surface area contributed by atoms with Gasteiger partial charge in [0.1, 0.15) is 0 Å². The fraction of sp³-hybridized carbons (Fsp3) is 0.0526. The molecule has 0 unspecified atom stereocenters. The van der Waals surface area contributed by atoms with E-state index < -0.39 is 6.09 Å². The third kappa shape index (κ3) is 4.01. The van der Waals surface area contributed by atoms with Gasteiger partial charge in [-0.05, 0) is 23.8 Å². The van der Waals surface area contributed by atoms with Crippen LogP contribution in [0.5, 0.6) is 5.88 Å². The van der Waals surface area contributed by atoms with E-state index >= 15 is 0 Å². The minimum atomic E-state index is -0.616. The van der Waals surface area contributed by atoms with E-state index in [4.69, 9.17) is 9.15 Å². The number of aromatic nitrogens is 4. The van der Waals surface area contributed by atoms with Gasteiger partial charge in [-0.25, -0.2) is 14.5 Å². The first-order valence-electron chi connectivity index (χ1n) is 8.20. The number of nitrogens with one attached hydrogen (secondary N) is 1. The smallest absolute Gasteiger partial charge is 0.414 e. The summed E-state index contributed by atoms with van der Waals surface area (Å²) in [5, 5.41) is 6.83. The van der Waals surface area contributed by atoms with E-state index in [-0.39, 0.29) is 5.88 Å². The van der Waals surface area contributed by atoms with E-state index in [0.29, 0.717) is 23.9 Å². The molecule has 0 spiro atoms. The fourth-order valence-electron chi connectivity index (χ4n) is 2.40. The van der Waals surface area contributed by atoms with Crippen LogP contribution in [0.2, 0.25) is 0 Å². The molecule has 0 aliphatic heterocycles. The van der Waals surface area contributed by atoms with E-state index in [9.17, 15) is 4.79 Å². The zero-order valence-corrected chi connectivity index (χ0v) is 14.1. The second-order valence-electron chi connectivity index (χ2n) is 5.54. The number of benzene rings is 1. The minimum absolute atomic E-state index is 0.0902. The Bertz CT molecular complexity index is 962. The highest BCUT2D eigenvalue weighted by Gasteiger charge is 2.14. The molecule has 0 radical (unpaired) electrons. The molecule has 0 saturated heterocycles. The molecule has 0 bridgehead atoms. The van der Waals surface area contributed by atoms with Crippen molar-refractivity contribution in [2.24, 2.45) is 0 Å². The number of hydrogen-bond donors (Lipinski definition) is 1. The summed E-state index contributed by atoms with van der Waals surface area (Å²) in [6, 6.07) is 16.3. The Labute approximate surface area is 154 Å². The summed E-state index contributed by atoms with van der Waals surface area (Å²) in [6.07, 6.45) is 4.26. The number of ether oxygens (including phenoxy) is 1. The van der Waals surface area contributed by atoms with Crippen molar-refractivity contribution >= 4 is 6.09 Å². The molecule has 4 rings (SSSR count). The normalized spacial score (nSPS) is 10.5. The van der Waals surface area contributed by atoms with Crippen LogP contribution in [0.1, 0.15) is 5.56 Å². The van der Waals surface area contributed by atoms with E-state index in [1.54, 1.807) is 35.3 Å². The summed E-state index contributed by atoms with van der Waals surface area (Å²) < 4.78 is 12.2. The average molecular weight is 361 g/mol. The topological polar surface area (TPSA) is 95.1 Å². The lowest BCUT2D eigenvalue weighted by Gasteiger charge is -2.09. The van der Waals surface area contributed by atoms with E-state index in [1.165, 1.54) is 12.3 Å². The molecule has 3 aromatic heterocycles. The third-order valence-electron chi connectivity index (χ3n) is 3.65. The highest BCUT2D eigenvalue weighted by Crippen LogP contribution is 2.21. The van der Waals surface area contributed by atoms with Gasteiger partial charge in [0, 0.05) is 25.0 Å². The summed E-state index contributed by atoms with van der Waals surface area (Å²) >= 11 is 0. The van der Waals surface area contributed by atoms with Gasteiger partial charge < -0.3 is 14.5 Å². The summed E-state index contributed by atoms with van der Waals surface area (Å²) in [4.78, 5) is 20.8. The van der Waals surface area contributed by atoms with Crippen molar-refractivity contribution in [1.82, 2.24) is 25.1 Å². The summed E-state index contributed by atoms with van der Waals surface area (Å²) in [5.74, 6) is 1.29. The van der Waals surface area contributed by atoms with Crippen molar-refractivity contribution in [3.63, 3.8) is 0 Å². The predicted octanol–water partition coefficient (Wildman–Crippen LogP) is 3.21. The molecule has 27 heavy (non-hydrogen) atoms. The largest absolute Gasteiger partial charge is 0.461 e. The first-order valence-corrected chi connectivity index (χ1v) is 8.20. The lowest BCUT2D eigenvalue weighted by molar-refractivity contribution is 0.198. The Kier molecular flexibility index (Phi) is 4.60. The quantitative estimate of drug-likeness (QED) is 0.586. The molecule has 0 aliphatic rings. The zero-order valence-electron chi connectivity index (χ0n) is 14.1. The van der Waals surface area contributed by atoms with E-state index in [2.05, 4.69) is 20.4 Å².